The Morgan fingerprint density at radius 3 is 2.70 bits per heavy atom. The molecule has 2 heterocycles. The quantitative estimate of drug-likeness (QED) is 0.792. The Morgan fingerprint density at radius 2 is 2.00 bits per heavy atom. The maximum Gasteiger partial charge on any atom is 0.223 e. The molecule has 4 atom stereocenters. The highest BCUT2D eigenvalue weighted by Gasteiger charge is 2.31. The van der Waals surface area contributed by atoms with Gasteiger partial charge in [-0.2, -0.15) is 0 Å². The fourth-order valence-electron chi connectivity index (χ4n) is 3.55. The zero-order chi connectivity index (χ0) is 14.7. The monoisotopic (exact) mass is 281 g/mol. The molecule has 0 spiro atoms. The van der Waals surface area contributed by atoms with Crippen molar-refractivity contribution >= 4 is 5.91 Å². The molecule has 0 saturated carbocycles. The molecule has 0 aromatic rings. The van der Waals surface area contributed by atoms with Crippen molar-refractivity contribution in [2.75, 3.05) is 13.2 Å². The van der Waals surface area contributed by atoms with Crippen molar-refractivity contribution < 1.29 is 9.53 Å². The SMILES string of the molecule is CC(C)[C@@H]1C[C@@H](CC(=O)N2C[C@H](C)CC[C@@H]2C)CCO1. The number of hydrogen-bond donors (Lipinski definition) is 0. The fraction of sp³-hybridized carbons (Fsp3) is 0.941. The van der Waals surface area contributed by atoms with Crippen molar-refractivity contribution in [3.8, 4) is 0 Å². The van der Waals surface area contributed by atoms with Crippen molar-refractivity contribution in [1.82, 2.24) is 4.90 Å². The molecule has 0 aliphatic carbocycles. The Morgan fingerprint density at radius 1 is 1.25 bits per heavy atom. The topological polar surface area (TPSA) is 29.5 Å². The average Bonchev–Trinajstić information content (AvgIpc) is 2.41. The average molecular weight is 281 g/mol. The molecule has 2 aliphatic heterocycles. The molecule has 2 rings (SSSR count). The van der Waals surface area contributed by atoms with Gasteiger partial charge in [0.1, 0.15) is 0 Å². The lowest BCUT2D eigenvalue weighted by molar-refractivity contribution is -0.138. The third kappa shape index (κ3) is 3.97. The summed E-state index contributed by atoms with van der Waals surface area (Å²) in [5, 5.41) is 0. The zero-order valence-electron chi connectivity index (χ0n) is 13.6. The van der Waals surface area contributed by atoms with Crippen LogP contribution in [0.2, 0.25) is 0 Å². The summed E-state index contributed by atoms with van der Waals surface area (Å²) in [5.74, 6) is 2.11. The maximum absolute atomic E-state index is 12.6. The predicted octanol–water partition coefficient (Wildman–Crippen LogP) is 3.47. The first-order valence-electron chi connectivity index (χ1n) is 8.38. The van der Waals surface area contributed by atoms with E-state index in [0.29, 0.717) is 35.8 Å². The maximum atomic E-state index is 12.6. The van der Waals surface area contributed by atoms with Gasteiger partial charge < -0.3 is 9.64 Å². The Balaban J connectivity index is 1.87. The normalized spacial score (nSPS) is 35.4. The Kier molecular flexibility index (Phi) is 5.48. The summed E-state index contributed by atoms with van der Waals surface area (Å²) in [7, 11) is 0. The Bertz CT molecular complexity index is 329. The molecule has 0 unspecified atom stereocenters. The van der Waals surface area contributed by atoms with E-state index in [4.69, 9.17) is 4.74 Å². The van der Waals surface area contributed by atoms with E-state index >= 15 is 0 Å². The lowest BCUT2D eigenvalue weighted by Gasteiger charge is -2.38. The lowest BCUT2D eigenvalue weighted by Crippen LogP contribution is -2.46. The zero-order valence-corrected chi connectivity index (χ0v) is 13.6. The van der Waals surface area contributed by atoms with Crippen molar-refractivity contribution in [2.45, 2.75) is 71.9 Å². The van der Waals surface area contributed by atoms with Crippen LogP contribution in [0, 0.1) is 17.8 Å². The number of carbonyl (C=O) groups excluding carboxylic acids is 1. The summed E-state index contributed by atoms with van der Waals surface area (Å²) >= 11 is 0. The molecule has 0 aromatic heterocycles. The van der Waals surface area contributed by atoms with E-state index in [-0.39, 0.29) is 0 Å². The van der Waals surface area contributed by atoms with E-state index in [9.17, 15) is 4.79 Å². The number of carbonyl (C=O) groups is 1. The van der Waals surface area contributed by atoms with Gasteiger partial charge in [-0.15, -0.1) is 0 Å². The van der Waals surface area contributed by atoms with Crippen LogP contribution in [0.5, 0.6) is 0 Å². The van der Waals surface area contributed by atoms with Crippen molar-refractivity contribution in [2.24, 2.45) is 17.8 Å². The molecule has 2 fully saturated rings. The molecule has 2 aliphatic rings. The molecular formula is C17H31NO2. The molecule has 1 amide bonds. The van der Waals surface area contributed by atoms with Crippen LogP contribution in [0.15, 0.2) is 0 Å². The van der Waals surface area contributed by atoms with Crippen LogP contribution >= 0.6 is 0 Å². The van der Waals surface area contributed by atoms with Gasteiger partial charge in [-0.05, 0) is 50.4 Å². The molecule has 0 bridgehead atoms. The van der Waals surface area contributed by atoms with E-state index in [1.807, 2.05) is 0 Å². The summed E-state index contributed by atoms with van der Waals surface area (Å²) in [6.07, 6.45) is 5.60. The number of amides is 1. The van der Waals surface area contributed by atoms with E-state index < -0.39 is 0 Å². The van der Waals surface area contributed by atoms with Crippen LogP contribution in [-0.2, 0) is 9.53 Å². The first-order valence-corrected chi connectivity index (χ1v) is 8.38. The van der Waals surface area contributed by atoms with Crippen molar-refractivity contribution in [3.63, 3.8) is 0 Å². The highest BCUT2D eigenvalue weighted by Crippen LogP contribution is 2.29. The third-order valence-corrected chi connectivity index (χ3v) is 5.07. The molecule has 0 aromatic carbocycles. The summed E-state index contributed by atoms with van der Waals surface area (Å²) in [5.41, 5.74) is 0. The third-order valence-electron chi connectivity index (χ3n) is 5.07. The molecule has 20 heavy (non-hydrogen) atoms. The largest absolute Gasteiger partial charge is 0.378 e. The van der Waals surface area contributed by atoms with Gasteiger partial charge in [0.2, 0.25) is 5.91 Å². The van der Waals surface area contributed by atoms with Crippen LogP contribution < -0.4 is 0 Å². The number of nitrogens with zero attached hydrogens (tertiary/aromatic N) is 1. The lowest BCUT2D eigenvalue weighted by atomic mass is 9.87. The number of hydrogen-bond acceptors (Lipinski definition) is 2. The van der Waals surface area contributed by atoms with Gasteiger partial charge in [0.25, 0.3) is 0 Å². The van der Waals surface area contributed by atoms with Gasteiger partial charge in [-0.25, -0.2) is 0 Å². The smallest absolute Gasteiger partial charge is 0.223 e. The van der Waals surface area contributed by atoms with Crippen LogP contribution in [0.25, 0.3) is 0 Å². The minimum Gasteiger partial charge on any atom is -0.378 e. The fourth-order valence-corrected chi connectivity index (χ4v) is 3.55. The molecule has 3 nitrogen and oxygen atoms in total. The number of rotatable bonds is 3. The number of piperidine rings is 1. The number of ether oxygens (including phenoxy) is 1. The molecule has 3 heteroatoms. The molecule has 0 radical (unpaired) electrons. The Hall–Kier alpha value is -0.570. The number of likely N-dealkylation sites (tertiary alicyclic amines) is 1. The van der Waals surface area contributed by atoms with Crippen LogP contribution in [0.4, 0.5) is 0 Å². The molecule has 116 valence electrons. The van der Waals surface area contributed by atoms with E-state index in [1.54, 1.807) is 0 Å². The van der Waals surface area contributed by atoms with Crippen molar-refractivity contribution in [1.29, 1.82) is 0 Å². The van der Waals surface area contributed by atoms with Crippen molar-refractivity contribution in [3.05, 3.63) is 0 Å². The summed E-state index contributed by atoms with van der Waals surface area (Å²) < 4.78 is 5.81. The first kappa shape index (κ1) is 15.8. The highest BCUT2D eigenvalue weighted by molar-refractivity contribution is 5.76. The van der Waals surface area contributed by atoms with Gasteiger partial charge in [0.05, 0.1) is 6.10 Å². The van der Waals surface area contributed by atoms with E-state index in [1.165, 1.54) is 6.42 Å². The minimum absolute atomic E-state index is 0.347. The molecule has 0 N–H and O–H groups in total. The standard InChI is InChI=1S/C17H31NO2/c1-12(2)16-9-15(7-8-20-16)10-17(19)18-11-13(3)5-6-14(18)4/h12-16H,5-11H2,1-4H3/t13-,14+,15+,16+/m1/s1. The molecule has 2 saturated heterocycles. The van der Waals surface area contributed by atoms with E-state index in [0.717, 1.165) is 38.8 Å². The minimum atomic E-state index is 0.347. The van der Waals surface area contributed by atoms with Gasteiger partial charge in [0.15, 0.2) is 0 Å². The van der Waals surface area contributed by atoms with Gasteiger partial charge in [-0.3, -0.25) is 4.79 Å². The molecular weight excluding hydrogens is 250 g/mol. The second kappa shape index (κ2) is 6.93. The van der Waals surface area contributed by atoms with Gasteiger partial charge in [0, 0.05) is 25.6 Å². The highest BCUT2D eigenvalue weighted by atomic mass is 16.5. The summed E-state index contributed by atoms with van der Waals surface area (Å²) in [6.45, 7) is 10.7. The summed E-state index contributed by atoms with van der Waals surface area (Å²) in [4.78, 5) is 14.7. The Labute approximate surface area is 124 Å². The second-order valence-electron chi connectivity index (χ2n) is 7.33. The van der Waals surface area contributed by atoms with Gasteiger partial charge in [-0.1, -0.05) is 20.8 Å². The van der Waals surface area contributed by atoms with Crippen LogP contribution in [-0.4, -0.2) is 36.1 Å². The summed E-state index contributed by atoms with van der Waals surface area (Å²) in [6, 6.07) is 0.430. The van der Waals surface area contributed by atoms with Gasteiger partial charge >= 0.3 is 0 Å². The predicted molar refractivity (Wildman–Crippen MR) is 81.5 cm³/mol. The van der Waals surface area contributed by atoms with Crippen LogP contribution in [0.3, 0.4) is 0 Å². The second-order valence-corrected chi connectivity index (χ2v) is 7.33. The van der Waals surface area contributed by atoms with Crippen LogP contribution in [0.1, 0.15) is 59.8 Å². The van der Waals surface area contributed by atoms with E-state index in [2.05, 4.69) is 32.6 Å². The first-order chi connectivity index (χ1) is 9.47.